The summed E-state index contributed by atoms with van der Waals surface area (Å²) in [7, 11) is 0. The molecule has 2 heterocycles. The van der Waals surface area contributed by atoms with E-state index >= 15 is 0 Å². The second-order valence-electron chi connectivity index (χ2n) is 2.00. The number of aromatic nitrogens is 4. The van der Waals surface area contributed by atoms with Gasteiger partial charge < -0.3 is 0 Å². The summed E-state index contributed by atoms with van der Waals surface area (Å²) < 4.78 is 4.69. The molecule has 0 fully saturated rings. The summed E-state index contributed by atoms with van der Waals surface area (Å²) in [6, 6.07) is 1.76. The fraction of sp³-hybridized carbons (Fsp3) is 0. The van der Waals surface area contributed by atoms with Crippen LogP contribution in [-0.2, 0) is 0 Å². The summed E-state index contributed by atoms with van der Waals surface area (Å²) in [5.41, 5.74) is 0.724. The maximum atomic E-state index is 4.06. The van der Waals surface area contributed by atoms with Gasteiger partial charge in [0.1, 0.15) is 12.0 Å². The van der Waals surface area contributed by atoms with Crippen molar-refractivity contribution in [3.63, 3.8) is 0 Å². The second kappa shape index (κ2) is 3.16. The van der Waals surface area contributed by atoms with Gasteiger partial charge >= 0.3 is 0 Å². The van der Waals surface area contributed by atoms with Crippen molar-refractivity contribution < 1.29 is 0 Å². The minimum absolute atomic E-state index is 0.604. The monoisotopic (exact) mass is 196 g/mol. The fourth-order valence-electron chi connectivity index (χ4n) is 0.742. The van der Waals surface area contributed by atoms with Crippen LogP contribution in [0.5, 0.6) is 0 Å². The molecule has 0 unspecified atom stereocenters. The first-order valence-electron chi connectivity index (χ1n) is 3.15. The maximum Gasteiger partial charge on any atom is 0.192 e. The van der Waals surface area contributed by atoms with Crippen LogP contribution < -0.4 is 0 Å². The van der Waals surface area contributed by atoms with Gasteiger partial charge in [0.05, 0.1) is 0 Å². The minimum atomic E-state index is 0.604. The summed E-state index contributed by atoms with van der Waals surface area (Å²) >= 11 is 5.30. The summed E-state index contributed by atoms with van der Waals surface area (Å²) in [4.78, 5) is 11.9. The Kier molecular flexibility index (Phi) is 2.01. The Hall–Kier alpha value is -1.01. The van der Waals surface area contributed by atoms with Crippen molar-refractivity contribution in [2.45, 2.75) is 4.34 Å². The summed E-state index contributed by atoms with van der Waals surface area (Å²) in [6.45, 7) is 0. The second-order valence-corrected chi connectivity index (χ2v) is 3.47. The zero-order chi connectivity index (χ0) is 8.39. The van der Waals surface area contributed by atoms with E-state index < -0.39 is 0 Å². The van der Waals surface area contributed by atoms with E-state index in [1.165, 1.54) is 17.9 Å². The van der Waals surface area contributed by atoms with Crippen LogP contribution in [0, 0.1) is 0 Å². The van der Waals surface area contributed by atoms with Gasteiger partial charge in [-0.1, -0.05) is 0 Å². The lowest BCUT2D eigenvalue weighted by molar-refractivity contribution is 1.13. The molecule has 0 saturated carbocycles. The van der Waals surface area contributed by atoms with E-state index in [-0.39, 0.29) is 0 Å². The quantitative estimate of drug-likeness (QED) is 0.698. The third-order valence-electron chi connectivity index (χ3n) is 1.23. The molecule has 0 radical (unpaired) electrons. The summed E-state index contributed by atoms with van der Waals surface area (Å²) in [5.74, 6) is 0.604. The van der Waals surface area contributed by atoms with E-state index in [1.54, 1.807) is 12.3 Å². The third-order valence-corrected chi connectivity index (χ3v) is 2.09. The first-order chi connectivity index (χ1) is 5.86. The fourth-order valence-corrected chi connectivity index (χ4v) is 1.39. The molecule has 0 spiro atoms. The predicted molar refractivity (Wildman–Crippen MR) is 48.2 cm³/mol. The molecule has 0 bridgehead atoms. The van der Waals surface area contributed by atoms with Gasteiger partial charge in [-0.15, -0.1) is 12.6 Å². The van der Waals surface area contributed by atoms with Crippen molar-refractivity contribution in [2.75, 3.05) is 0 Å². The van der Waals surface area contributed by atoms with E-state index in [9.17, 15) is 0 Å². The molecule has 2 aromatic heterocycles. The van der Waals surface area contributed by atoms with Gasteiger partial charge in [0.15, 0.2) is 10.2 Å². The number of hydrogen-bond acceptors (Lipinski definition) is 6. The van der Waals surface area contributed by atoms with E-state index in [2.05, 4.69) is 32.0 Å². The van der Waals surface area contributed by atoms with Crippen molar-refractivity contribution in [3.05, 3.63) is 18.6 Å². The van der Waals surface area contributed by atoms with Gasteiger partial charge in [-0.3, -0.25) is 0 Å². The van der Waals surface area contributed by atoms with Gasteiger partial charge in [0, 0.05) is 6.20 Å². The largest absolute Gasteiger partial charge is 0.245 e. The van der Waals surface area contributed by atoms with Gasteiger partial charge in [0.2, 0.25) is 0 Å². The predicted octanol–water partition coefficient (Wildman–Crippen LogP) is 1.28. The lowest BCUT2D eigenvalue weighted by Crippen LogP contribution is -1.84. The molecule has 0 aliphatic heterocycles. The van der Waals surface area contributed by atoms with Crippen LogP contribution in [0.3, 0.4) is 0 Å². The summed E-state index contributed by atoms with van der Waals surface area (Å²) in [6.07, 6.45) is 3.12. The Morgan fingerprint density at radius 1 is 1.42 bits per heavy atom. The molecule has 60 valence electrons. The van der Waals surface area contributed by atoms with Gasteiger partial charge in [0.25, 0.3) is 0 Å². The van der Waals surface area contributed by atoms with Crippen LogP contribution in [0.2, 0.25) is 0 Å². The third kappa shape index (κ3) is 1.44. The Morgan fingerprint density at radius 3 is 2.92 bits per heavy atom. The molecule has 0 aromatic carbocycles. The van der Waals surface area contributed by atoms with Crippen molar-refractivity contribution in [1.29, 1.82) is 0 Å². The van der Waals surface area contributed by atoms with Gasteiger partial charge in [-0.05, 0) is 17.6 Å². The van der Waals surface area contributed by atoms with Crippen molar-refractivity contribution >= 4 is 24.2 Å². The molecule has 2 aromatic rings. The van der Waals surface area contributed by atoms with E-state index in [1.807, 2.05) is 0 Å². The molecule has 0 atom stereocenters. The number of hydrogen-bond donors (Lipinski definition) is 1. The zero-order valence-corrected chi connectivity index (χ0v) is 7.59. The van der Waals surface area contributed by atoms with Gasteiger partial charge in [-0.25, -0.2) is 15.0 Å². The smallest absolute Gasteiger partial charge is 0.192 e. The molecule has 0 amide bonds. The number of nitrogens with zero attached hydrogens (tertiary/aromatic N) is 4. The zero-order valence-electron chi connectivity index (χ0n) is 5.88. The van der Waals surface area contributed by atoms with Crippen molar-refractivity contribution in [3.8, 4) is 11.5 Å². The lowest BCUT2D eigenvalue weighted by atomic mass is 10.4. The van der Waals surface area contributed by atoms with Crippen LogP contribution in [-0.4, -0.2) is 19.3 Å². The van der Waals surface area contributed by atoms with Crippen molar-refractivity contribution in [2.24, 2.45) is 0 Å². The highest BCUT2D eigenvalue weighted by atomic mass is 32.2. The molecule has 0 saturated heterocycles. The molecule has 12 heavy (non-hydrogen) atoms. The number of thiol groups is 1. The molecular formula is C6H4N4S2. The SMILES string of the molecule is Sc1nc(-c2ccncn2)ns1. The minimum Gasteiger partial charge on any atom is -0.245 e. The normalized spacial score (nSPS) is 10.1. The lowest BCUT2D eigenvalue weighted by Gasteiger charge is -1.89. The standard InChI is InChI=1S/C6H4N4S2/c11-6-9-5(10-12-6)4-1-2-7-3-8-4/h1-3H,(H,9,10,11). The van der Waals surface area contributed by atoms with Crippen LogP contribution in [0.4, 0.5) is 0 Å². The molecule has 6 heteroatoms. The van der Waals surface area contributed by atoms with Gasteiger partial charge in [-0.2, -0.15) is 4.37 Å². The van der Waals surface area contributed by atoms with Crippen LogP contribution >= 0.6 is 24.2 Å². The van der Waals surface area contributed by atoms with Crippen LogP contribution in [0.25, 0.3) is 11.5 Å². The molecule has 0 aliphatic carbocycles. The van der Waals surface area contributed by atoms with E-state index in [4.69, 9.17) is 0 Å². The van der Waals surface area contributed by atoms with Crippen LogP contribution in [0.15, 0.2) is 22.9 Å². The molecule has 2 rings (SSSR count). The Bertz CT molecular complexity index is 372. The average molecular weight is 196 g/mol. The van der Waals surface area contributed by atoms with E-state index in [0.717, 1.165) is 5.69 Å². The van der Waals surface area contributed by atoms with Crippen molar-refractivity contribution in [1.82, 2.24) is 19.3 Å². The van der Waals surface area contributed by atoms with E-state index in [0.29, 0.717) is 10.2 Å². The Labute approximate surface area is 78.3 Å². The topological polar surface area (TPSA) is 51.6 Å². The molecule has 0 N–H and O–H groups in total. The summed E-state index contributed by atoms with van der Waals surface area (Å²) in [5, 5.41) is 0. The first kappa shape index (κ1) is 7.63. The maximum absolute atomic E-state index is 4.06. The molecule has 4 nitrogen and oxygen atoms in total. The highest BCUT2D eigenvalue weighted by Crippen LogP contribution is 2.16. The Morgan fingerprint density at radius 2 is 2.33 bits per heavy atom. The highest BCUT2D eigenvalue weighted by molar-refractivity contribution is 7.82. The molecule has 0 aliphatic rings. The Balaban J connectivity index is 2.45. The highest BCUT2D eigenvalue weighted by Gasteiger charge is 2.03. The number of rotatable bonds is 1. The van der Waals surface area contributed by atoms with Crippen LogP contribution in [0.1, 0.15) is 0 Å². The average Bonchev–Trinajstić information content (AvgIpc) is 2.54. The first-order valence-corrected chi connectivity index (χ1v) is 4.37. The molecular weight excluding hydrogens is 192 g/mol.